The Kier molecular flexibility index (Phi) is 8.43. The number of nitrogens with zero attached hydrogens (tertiary/aromatic N) is 1. The van der Waals surface area contributed by atoms with Crippen LogP contribution in [0.3, 0.4) is 0 Å². The molecule has 0 aliphatic carbocycles. The van der Waals surface area contributed by atoms with Crippen LogP contribution in [0.4, 0.5) is 4.39 Å². The summed E-state index contributed by atoms with van der Waals surface area (Å²) in [5.41, 5.74) is 1.57. The monoisotopic (exact) mass is 295 g/mol. The van der Waals surface area contributed by atoms with E-state index < -0.39 is 0 Å². The van der Waals surface area contributed by atoms with Gasteiger partial charge in [0.2, 0.25) is 0 Å². The third kappa shape index (κ3) is 7.09. The summed E-state index contributed by atoms with van der Waals surface area (Å²) in [7, 11) is 3.45. The normalized spacial score (nSPS) is 11.5. The van der Waals surface area contributed by atoms with Crippen molar-refractivity contribution in [2.45, 2.75) is 32.7 Å². The highest BCUT2D eigenvalue weighted by atomic mass is 19.1. The number of unbranched alkanes of at least 4 members (excludes halogenated alkanes) is 2. The van der Waals surface area contributed by atoms with Gasteiger partial charge >= 0.3 is 0 Å². The minimum absolute atomic E-state index is 0.171. The van der Waals surface area contributed by atoms with Gasteiger partial charge in [-0.25, -0.2) is 4.39 Å². The molecule has 118 valence electrons. The van der Waals surface area contributed by atoms with Gasteiger partial charge in [0.25, 0.3) is 0 Å². The maximum absolute atomic E-state index is 13.5. The van der Waals surface area contributed by atoms with Gasteiger partial charge in [-0.05, 0) is 43.4 Å². The summed E-state index contributed by atoms with van der Waals surface area (Å²) < 4.78 is 18.5. The molecular weight excluding hydrogens is 269 g/mol. The summed E-state index contributed by atoms with van der Waals surface area (Å²) in [5, 5.41) is 6.43. The summed E-state index contributed by atoms with van der Waals surface area (Å²) in [4.78, 5) is 4.15. The van der Waals surface area contributed by atoms with Crippen LogP contribution in [0.25, 0.3) is 0 Å². The zero-order valence-corrected chi connectivity index (χ0v) is 13.2. The number of hydrogen-bond donors (Lipinski definition) is 2. The number of aliphatic imine (C=N–C) groups is 1. The number of halogens is 1. The van der Waals surface area contributed by atoms with Crippen molar-refractivity contribution >= 4 is 5.96 Å². The Balaban J connectivity index is 2.26. The molecule has 0 atom stereocenters. The molecule has 5 heteroatoms. The second kappa shape index (κ2) is 10.2. The lowest BCUT2D eigenvalue weighted by Gasteiger charge is -2.12. The average Bonchev–Trinajstić information content (AvgIpc) is 2.49. The first-order valence-corrected chi connectivity index (χ1v) is 7.36. The molecule has 0 aromatic heterocycles. The van der Waals surface area contributed by atoms with Gasteiger partial charge in [-0.15, -0.1) is 0 Å². The highest BCUT2D eigenvalue weighted by Gasteiger charge is 2.01. The van der Waals surface area contributed by atoms with Crippen LogP contribution < -0.4 is 10.6 Å². The van der Waals surface area contributed by atoms with Crippen molar-refractivity contribution in [3.63, 3.8) is 0 Å². The van der Waals surface area contributed by atoms with Crippen molar-refractivity contribution in [1.29, 1.82) is 0 Å². The highest BCUT2D eigenvalue weighted by Crippen LogP contribution is 2.08. The second-order valence-corrected chi connectivity index (χ2v) is 4.99. The van der Waals surface area contributed by atoms with E-state index in [0.29, 0.717) is 12.1 Å². The molecule has 1 aromatic carbocycles. The van der Waals surface area contributed by atoms with Crippen molar-refractivity contribution in [3.05, 3.63) is 35.1 Å². The van der Waals surface area contributed by atoms with Crippen LogP contribution in [0.1, 0.15) is 30.4 Å². The predicted octanol–water partition coefficient (Wildman–Crippen LogP) is 2.62. The van der Waals surface area contributed by atoms with Crippen LogP contribution in [0, 0.1) is 12.7 Å². The molecule has 0 bridgehead atoms. The highest BCUT2D eigenvalue weighted by molar-refractivity contribution is 5.79. The first-order chi connectivity index (χ1) is 10.2. The molecule has 0 fully saturated rings. The molecule has 0 aliphatic rings. The molecule has 0 amide bonds. The van der Waals surface area contributed by atoms with Crippen molar-refractivity contribution < 1.29 is 9.13 Å². The third-order valence-corrected chi connectivity index (χ3v) is 3.24. The van der Waals surface area contributed by atoms with Gasteiger partial charge in [-0.2, -0.15) is 0 Å². The molecule has 21 heavy (non-hydrogen) atoms. The number of benzene rings is 1. The zero-order chi connectivity index (χ0) is 15.5. The van der Waals surface area contributed by atoms with Gasteiger partial charge in [-0.1, -0.05) is 12.1 Å². The van der Waals surface area contributed by atoms with Crippen LogP contribution in [-0.2, 0) is 11.3 Å². The van der Waals surface area contributed by atoms with Crippen molar-refractivity contribution in [2.75, 3.05) is 27.3 Å². The number of nitrogens with one attached hydrogen (secondary N) is 2. The van der Waals surface area contributed by atoms with Crippen LogP contribution >= 0.6 is 0 Å². The average molecular weight is 295 g/mol. The molecule has 0 unspecified atom stereocenters. The molecule has 1 aromatic rings. The Morgan fingerprint density at radius 2 is 2.05 bits per heavy atom. The molecule has 4 nitrogen and oxygen atoms in total. The molecule has 0 heterocycles. The minimum Gasteiger partial charge on any atom is -0.385 e. The second-order valence-electron chi connectivity index (χ2n) is 4.99. The van der Waals surface area contributed by atoms with E-state index in [4.69, 9.17) is 4.74 Å². The van der Waals surface area contributed by atoms with E-state index in [-0.39, 0.29) is 5.82 Å². The number of rotatable bonds is 8. The molecule has 2 N–H and O–H groups in total. The fourth-order valence-electron chi connectivity index (χ4n) is 1.91. The molecule has 0 saturated heterocycles. The quantitative estimate of drug-likeness (QED) is 0.440. The van der Waals surface area contributed by atoms with E-state index in [1.54, 1.807) is 33.2 Å². The largest absolute Gasteiger partial charge is 0.385 e. The molecule has 0 aliphatic heterocycles. The molecular formula is C16H26FN3O. The Bertz CT molecular complexity index is 449. The predicted molar refractivity (Wildman–Crippen MR) is 85.1 cm³/mol. The third-order valence-electron chi connectivity index (χ3n) is 3.24. The minimum atomic E-state index is -0.171. The van der Waals surface area contributed by atoms with E-state index in [2.05, 4.69) is 15.6 Å². The van der Waals surface area contributed by atoms with Gasteiger partial charge in [0.1, 0.15) is 5.82 Å². The van der Waals surface area contributed by atoms with Crippen molar-refractivity contribution in [3.8, 4) is 0 Å². The number of ether oxygens (including phenoxy) is 1. The van der Waals surface area contributed by atoms with Gasteiger partial charge in [0.05, 0.1) is 0 Å². The lowest BCUT2D eigenvalue weighted by molar-refractivity contribution is 0.192. The van der Waals surface area contributed by atoms with E-state index in [1.807, 2.05) is 6.07 Å². The lowest BCUT2D eigenvalue weighted by Crippen LogP contribution is -2.37. The smallest absolute Gasteiger partial charge is 0.191 e. The lowest BCUT2D eigenvalue weighted by atomic mass is 10.1. The standard InChI is InChI=1S/C16H26FN3O/c1-13-7-8-14(11-15(13)17)12-20-16(18-2)19-9-5-4-6-10-21-3/h7-8,11H,4-6,9-10,12H2,1-3H3,(H2,18,19,20). The Morgan fingerprint density at radius 1 is 1.24 bits per heavy atom. The number of guanidine groups is 1. The van der Waals surface area contributed by atoms with Crippen LogP contribution in [-0.4, -0.2) is 33.3 Å². The Morgan fingerprint density at radius 3 is 2.71 bits per heavy atom. The van der Waals surface area contributed by atoms with Crippen molar-refractivity contribution in [1.82, 2.24) is 10.6 Å². The summed E-state index contributed by atoms with van der Waals surface area (Å²) in [6, 6.07) is 5.27. The molecule has 0 saturated carbocycles. The van der Waals surface area contributed by atoms with Crippen LogP contribution in [0.2, 0.25) is 0 Å². The van der Waals surface area contributed by atoms with Gasteiger partial charge in [0.15, 0.2) is 5.96 Å². The molecule has 0 spiro atoms. The van der Waals surface area contributed by atoms with Crippen molar-refractivity contribution in [2.24, 2.45) is 4.99 Å². The SMILES string of the molecule is CN=C(NCCCCCOC)NCc1ccc(C)c(F)c1. The first-order valence-electron chi connectivity index (χ1n) is 7.36. The van der Waals surface area contributed by atoms with E-state index in [9.17, 15) is 4.39 Å². The van der Waals surface area contributed by atoms with E-state index >= 15 is 0 Å². The summed E-state index contributed by atoms with van der Waals surface area (Å²) in [6.45, 7) is 3.99. The fourth-order valence-corrected chi connectivity index (χ4v) is 1.91. The summed E-state index contributed by atoms with van der Waals surface area (Å²) in [5.74, 6) is 0.568. The van der Waals surface area contributed by atoms with Gasteiger partial charge in [-0.3, -0.25) is 4.99 Å². The van der Waals surface area contributed by atoms with Crippen LogP contribution in [0.5, 0.6) is 0 Å². The number of hydrogen-bond acceptors (Lipinski definition) is 2. The van der Waals surface area contributed by atoms with Gasteiger partial charge < -0.3 is 15.4 Å². The Labute approximate surface area is 126 Å². The van der Waals surface area contributed by atoms with E-state index in [0.717, 1.165) is 43.9 Å². The number of methoxy groups -OCH3 is 1. The maximum Gasteiger partial charge on any atom is 0.191 e. The topological polar surface area (TPSA) is 45.7 Å². The molecule has 0 radical (unpaired) electrons. The van der Waals surface area contributed by atoms with E-state index in [1.165, 1.54) is 0 Å². The fraction of sp³-hybridized carbons (Fsp3) is 0.562. The Hall–Kier alpha value is -1.62. The van der Waals surface area contributed by atoms with Crippen LogP contribution in [0.15, 0.2) is 23.2 Å². The first kappa shape index (κ1) is 17.4. The molecule has 1 rings (SSSR count). The maximum atomic E-state index is 13.5. The summed E-state index contributed by atoms with van der Waals surface area (Å²) in [6.07, 6.45) is 3.27. The zero-order valence-electron chi connectivity index (χ0n) is 13.2. The summed E-state index contributed by atoms with van der Waals surface area (Å²) >= 11 is 0. The number of aryl methyl sites for hydroxylation is 1. The van der Waals surface area contributed by atoms with Gasteiger partial charge in [0, 0.05) is 33.9 Å².